The molecule has 0 aromatic heterocycles. The summed E-state index contributed by atoms with van der Waals surface area (Å²) in [4.78, 5) is 28.4. The Morgan fingerprint density at radius 1 is 1.39 bits per heavy atom. The lowest BCUT2D eigenvalue weighted by Crippen LogP contribution is -2.38. The largest absolute Gasteiger partial charge is 0.355 e. The second-order valence-electron chi connectivity index (χ2n) is 6.36. The van der Waals surface area contributed by atoms with E-state index < -0.39 is 0 Å². The molecule has 1 saturated heterocycles. The molecule has 2 amide bonds. The molecule has 0 bridgehead atoms. The monoisotopic (exact) mass is 335 g/mol. The summed E-state index contributed by atoms with van der Waals surface area (Å²) in [5, 5.41) is 3.49. The number of likely N-dealkylation sites (N-methyl/N-ethyl adjacent to an activating group) is 1. The topological polar surface area (TPSA) is 52.7 Å². The van der Waals surface area contributed by atoms with Gasteiger partial charge in [-0.2, -0.15) is 0 Å². The van der Waals surface area contributed by atoms with Gasteiger partial charge in [0.2, 0.25) is 11.8 Å². The number of amides is 2. The average molecular weight is 336 g/mol. The minimum absolute atomic E-state index is 0.0444. The van der Waals surface area contributed by atoms with Crippen LogP contribution in [0.3, 0.4) is 0 Å². The van der Waals surface area contributed by atoms with Crippen LogP contribution < -0.4 is 10.2 Å². The number of benzene rings is 1. The van der Waals surface area contributed by atoms with Gasteiger partial charge in [-0.1, -0.05) is 23.7 Å². The van der Waals surface area contributed by atoms with Crippen molar-refractivity contribution in [1.29, 1.82) is 0 Å². The Morgan fingerprint density at radius 3 is 2.83 bits per heavy atom. The van der Waals surface area contributed by atoms with Gasteiger partial charge in [-0.25, -0.2) is 0 Å². The first-order chi connectivity index (χ1) is 11.1. The van der Waals surface area contributed by atoms with Gasteiger partial charge in [0.1, 0.15) is 0 Å². The average Bonchev–Trinajstić information content (AvgIpc) is 3.31. The standard InChI is InChI=1S/C17H22ClN3O2/c1-20(13-6-7-13)9-8-19-17(23)12-10-16(22)21(11-12)15-5-3-2-4-14(15)18/h2-5,12-13H,6-11H2,1H3,(H,19,23). The van der Waals surface area contributed by atoms with Crippen molar-refractivity contribution < 1.29 is 9.59 Å². The Hall–Kier alpha value is -1.59. The summed E-state index contributed by atoms with van der Waals surface area (Å²) in [6.07, 6.45) is 2.76. The van der Waals surface area contributed by atoms with Crippen molar-refractivity contribution in [3.63, 3.8) is 0 Å². The Labute approximate surface area is 141 Å². The van der Waals surface area contributed by atoms with Gasteiger partial charge in [-0.3, -0.25) is 9.59 Å². The molecule has 1 aromatic carbocycles. The van der Waals surface area contributed by atoms with Crippen LogP contribution in [0.15, 0.2) is 24.3 Å². The number of halogens is 1. The molecule has 1 aromatic rings. The number of rotatable bonds is 6. The lowest BCUT2D eigenvalue weighted by Gasteiger charge is -2.19. The van der Waals surface area contributed by atoms with Gasteiger partial charge in [0, 0.05) is 32.1 Å². The first-order valence-electron chi connectivity index (χ1n) is 8.09. The smallest absolute Gasteiger partial charge is 0.227 e. The molecular weight excluding hydrogens is 314 g/mol. The van der Waals surface area contributed by atoms with E-state index in [2.05, 4.69) is 17.3 Å². The van der Waals surface area contributed by atoms with E-state index in [4.69, 9.17) is 11.6 Å². The molecule has 124 valence electrons. The zero-order valence-electron chi connectivity index (χ0n) is 13.3. The highest BCUT2D eigenvalue weighted by Gasteiger charge is 2.35. The zero-order chi connectivity index (χ0) is 16.4. The van der Waals surface area contributed by atoms with E-state index in [1.165, 1.54) is 12.8 Å². The Kier molecular flexibility index (Phi) is 4.87. The summed E-state index contributed by atoms with van der Waals surface area (Å²) in [5.41, 5.74) is 0.683. The van der Waals surface area contributed by atoms with Crippen LogP contribution in [-0.4, -0.2) is 49.4 Å². The van der Waals surface area contributed by atoms with E-state index in [-0.39, 0.29) is 24.2 Å². The molecule has 1 aliphatic carbocycles. The highest BCUT2D eigenvalue weighted by molar-refractivity contribution is 6.33. The number of carbonyl (C=O) groups is 2. The number of anilines is 1. The van der Waals surface area contributed by atoms with Gasteiger partial charge in [0.25, 0.3) is 0 Å². The predicted molar refractivity (Wildman–Crippen MR) is 90.6 cm³/mol. The van der Waals surface area contributed by atoms with Gasteiger partial charge in [-0.15, -0.1) is 0 Å². The maximum atomic E-state index is 12.3. The lowest BCUT2D eigenvalue weighted by molar-refractivity contribution is -0.126. The van der Waals surface area contributed by atoms with E-state index in [0.29, 0.717) is 29.8 Å². The maximum Gasteiger partial charge on any atom is 0.227 e. The van der Waals surface area contributed by atoms with E-state index in [0.717, 1.165) is 6.54 Å². The molecule has 3 rings (SSSR count). The van der Waals surface area contributed by atoms with Crippen molar-refractivity contribution in [2.45, 2.75) is 25.3 Å². The minimum Gasteiger partial charge on any atom is -0.355 e. The predicted octanol–water partition coefficient (Wildman–Crippen LogP) is 1.90. The fourth-order valence-electron chi connectivity index (χ4n) is 2.98. The molecule has 1 atom stereocenters. The Bertz CT molecular complexity index is 603. The number of nitrogens with one attached hydrogen (secondary N) is 1. The third-order valence-corrected chi connectivity index (χ3v) is 4.89. The molecule has 1 heterocycles. The molecule has 1 unspecified atom stereocenters. The van der Waals surface area contributed by atoms with Crippen LogP contribution in [0.5, 0.6) is 0 Å². The Balaban J connectivity index is 1.52. The van der Waals surface area contributed by atoms with E-state index in [9.17, 15) is 9.59 Å². The van der Waals surface area contributed by atoms with Crippen molar-refractivity contribution in [3.8, 4) is 0 Å². The minimum atomic E-state index is -0.301. The third kappa shape index (κ3) is 3.85. The molecule has 6 heteroatoms. The van der Waals surface area contributed by atoms with Crippen LogP contribution in [0.1, 0.15) is 19.3 Å². The highest BCUT2D eigenvalue weighted by Crippen LogP contribution is 2.31. The normalized spacial score (nSPS) is 21.1. The van der Waals surface area contributed by atoms with Crippen LogP contribution in [-0.2, 0) is 9.59 Å². The molecule has 1 saturated carbocycles. The molecule has 2 fully saturated rings. The molecule has 5 nitrogen and oxygen atoms in total. The fourth-order valence-corrected chi connectivity index (χ4v) is 3.22. The van der Waals surface area contributed by atoms with E-state index in [1.54, 1.807) is 11.0 Å². The van der Waals surface area contributed by atoms with Gasteiger partial charge in [0.15, 0.2) is 0 Å². The van der Waals surface area contributed by atoms with Crippen molar-refractivity contribution in [2.75, 3.05) is 31.6 Å². The van der Waals surface area contributed by atoms with Crippen molar-refractivity contribution in [1.82, 2.24) is 10.2 Å². The summed E-state index contributed by atoms with van der Waals surface area (Å²) >= 11 is 6.15. The summed E-state index contributed by atoms with van der Waals surface area (Å²) in [7, 11) is 2.09. The number of nitrogens with zero attached hydrogens (tertiary/aromatic N) is 2. The summed E-state index contributed by atoms with van der Waals surface area (Å²) < 4.78 is 0. The molecule has 1 aliphatic heterocycles. The van der Waals surface area contributed by atoms with E-state index >= 15 is 0 Å². The molecule has 2 aliphatic rings. The van der Waals surface area contributed by atoms with Gasteiger partial charge >= 0.3 is 0 Å². The molecule has 0 radical (unpaired) electrons. The first kappa shape index (κ1) is 16.3. The van der Waals surface area contributed by atoms with Crippen LogP contribution in [0, 0.1) is 5.92 Å². The number of carbonyl (C=O) groups excluding carboxylic acids is 2. The number of para-hydroxylation sites is 1. The van der Waals surface area contributed by atoms with Gasteiger partial charge in [-0.05, 0) is 32.0 Å². The first-order valence-corrected chi connectivity index (χ1v) is 8.47. The van der Waals surface area contributed by atoms with E-state index in [1.807, 2.05) is 18.2 Å². The van der Waals surface area contributed by atoms with Crippen LogP contribution in [0.25, 0.3) is 0 Å². The third-order valence-electron chi connectivity index (χ3n) is 4.57. The summed E-state index contributed by atoms with van der Waals surface area (Å²) in [5.74, 6) is -0.393. The highest BCUT2D eigenvalue weighted by atomic mass is 35.5. The SMILES string of the molecule is CN(CCNC(=O)C1CC(=O)N(c2ccccc2Cl)C1)C1CC1. The quantitative estimate of drug-likeness (QED) is 0.864. The van der Waals surface area contributed by atoms with Crippen molar-refractivity contribution >= 4 is 29.1 Å². The Morgan fingerprint density at radius 2 is 2.13 bits per heavy atom. The number of hydrogen-bond acceptors (Lipinski definition) is 3. The second-order valence-corrected chi connectivity index (χ2v) is 6.77. The molecule has 0 spiro atoms. The van der Waals surface area contributed by atoms with Gasteiger partial charge in [0.05, 0.1) is 16.6 Å². The van der Waals surface area contributed by atoms with Crippen LogP contribution in [0.4, 0.5) is 5.69 Å². The molecular formula is C17H22ClN3O2. The number of hydrogen-bond donors (Lipinski definition) is 1. The van der Waals surface area contributed by atoms with Gasteiger partial charge < -0.3 is 15.1 Å². The van der Waals surface area contributed by atoms with Crippen LogP contribution in [0.2, 0.25) is 5.02 Å². The van der Waals surface area contributed by atoms with Crippen LogP contribution >= 0.6 is 11.6 Å². The fraction of sp³-hybridized carbons (Fsp3) is 0.529. The summed E-state index contributed by atoms with van der Waals surface area (Å²) in [6, 6.07) is 7.93. The van der Waals surface area contributed by atoms with Crippen molar-refractivity contribution in [3.05, 3.63) is 29.3 Å². The second kappa shape index (κ2) is 6.89. The van der Waals surface area contributed by atoms with Crippen molar-refractivity contribution in [2.24, 2.45) is 5.92 Å². The lowest BCUT2D eigenvalue weighted by atomic mass is 10.1. The summed E-state index contributed by atoms with van der Waals surface area (Å²) in [6.45, 7) is 1.88. The molecule has 1 N–H and O–H groups in total. The zero-order valence-corrected chi connectivity index (χ0v) is 14.1. The molecule has 23 heavy (non-hydrogen) atoms. The maximum absolute atomic E-state index is 12.3.